The van der Waals surface area contributed by atoms with Gasteiger partial charge in [-0.2, -0.15) is 4.98 Å². The highest BCUT2D eigenvalue weighted by atomic mass is 79.9. The molecule has 1 aromatic heterocycles. The van der Waals surface area contributed by atoms with Gasteiger partial charge in [0.2, 0.25) is 5.89 Å². The van der Waals surface area contributed by atoms with E-state index in [1.54, 1.807) is 0 Å². The maximum atomic E-state index is 6.34. The number of aromatic nitrogens is 2. The highest BCUT2D eigenvalue weighted by molar-refractivity contribution is 9.10. The molecular formula is C15H17BrClN3O. The molecule has 0 spiro atoms. The molecule has 1 aliphatic carbocycles. The number of halogens is 2. The van der Waals surface area contributed by atoms with Crippen LogP contribution in [0, 0.1) is 0 Å². The minimum atomic E-state index is -0.390. The number of benzene rings is 1. The number of hydrogen-bond donors (Lipinski definition) is 1. The summed E-state index contributed by atoms with van der Waals surface area (Å²) in [6, 6.07) is 5.76. The van der Waals surface area contributed by atoms with Gasteiger partial charge in [-0.05, 0) is 43.0 Å². The minimum absolute atomic E-state index is 0.390. The van der Waals surface area contributed by atoms with Crippen LogP contribution in [0.3, 0.4) is 0 Å². The minimum Gasteiger partial charge on any atom is -0.339 e. The van der Waals surface area contributed by atoms with Gasteiger partial charge in [0, 0.05) is 15.9 Å². The summed E-state index contributed by atoms with van der Waals surface area (Å²) in [5, 5.41) is 4.80. The summed E-state index contributed by atoms with van der Waals surface area (Å²) in [5.41, 5.74) is 7.07. The summed E-state index contributed by atoms with van der Waals surface area (Å²) in [6.07, 6.45) is 5.62. The van der Waals surface area contributed by atoms with E-state index < -0.39 is 5.54 Å². The molecule has 0 atom stereocenters. The van der Waals surface area contributed by atoms with Crippen molar-refractivity contribution in [2.75, 3.05) is 0 Å². The normalized spacial score (nSPS) is 17.3. The molecule has 2 N–H and O–H groups in total. The Bertz CT molecular complexity index is 638. The Kier molecular flexibility index (Phi) is 4.33. The lowest BCUT2D eigenvalue weighted by atomic mass is 9.99. The lowest BCUT2D eigenvalue weighted by molar-refractivity contribution is 0.348. The van der Waals surface area contributed by atoms with E-state index in [9.17, 15) is 0 Å². The van der Waals surface area contributed by atoms with Crippen LogP contribution in [-0.4, -0.2) is 10.1 Å². The third-order valence-corrected chi connectivity index (χ3v) is 5.03. The highest BCUT2D eigenvalue weighted by Crippen LogP contribution is 2.34. The molecule has 1 aliphatic rings. The first-order valence-corrected chi connectivity index (χ1v) is 8.30. The Balaban J connectivity index is 1.69. The summed E-state index contributed by atoms with van der Waals surface area (Å²) >= 11 is 9.54. The molecule has 0 radical (unpaired) electrons. The topological polar surface area (TPSA) is 64.9 Å². The zero-order valence-electron chi connectivity index (χ0n) is 11.6. The van der Waals surface area contributed by atoms with E-state index in [0.29, 0.717) is 18.1 Å². The predicted molar refractivity (Wildman–Crippen MR) is 85.2 cm³/mol. The van der Waals surface area contributed by atoms with Crippen LogP contribution in [0.4, 0.5) is 0 Å². The van der Waals surface area contributed by atoms with Gasteiger partial charge in [0.05, 0.1) is 5.54 Å². The van der Waals surface area contributed by atoms with Crippen LogP contribution < -0.4 is 5.73 Å². The molecule has 6 heteroatoms. The van der Waals surface area contributed by atoms with Gasteiger partial charge >= 0.3 is 0 Å². The number of nitrogens with zero attached hydrogens (tertiary/aromatic N) is 2. The van der Waals surface area contributed by atoms with Crippen molar-refractivity contribution < 1.29 is 4.52 Å². The van der Waals surface area contributed by atoms with Gasteiger partial charge in [0.15, 0.2) is 5.82 Å². The van der Waals surface area contributed by atoms with Crippen molar-refractivity contribution in [2.45, 2.75) is 44.1 Å². The standard InChI is InChI=1S/C15H17BrClN3O/c16-12-5-4-11(17)9-10(12)3-6-13-19-14(20-21-13)15(18)7-1-2-8-15/h4-5,9H,1-3,6-8,18H2. The summed E-state index contributed by atoms with van der Waals surface area (Å²) in [7, 11) is 0. The first kappa shape index (κ1) is 15.0. The monoisotopic (exact) mass is 369 g/mol. The molecule has 21 heavy (non-hydrogen) atoms. The van der Waals surface area contributed by atoms with E-state index in [4.69, 9.17) is 21.9 Å². The van der Waals surface area contributed by atoms with Gasteiger partial charge in [0.25, 0.3) is 0 Å². The average molecular weight is 371 g/mol. The zero-order chi connectivity index (χ0) is 14.9. The summed E-state index contributed by atoms with van der Waals surface area (Å²) in [6.45, 7) is 0. The average Bonchev–Trinajstić information content (AvgIpc) is 3.10. The molecule has 112 valence electrons. The molecule has 0 aliphatic heterocycles. The Morgan fingerprint density at radius 1 is 1.29 bits per heavy atom. The quantitative estimate of drug-likeness (QED) is 0.883. The van der Waals surface area contributed by atoms with Crippen LogP contribution >= 0.6 is 27.5 Å². The molecule has 0 saturated heterocycles. The Morgan fingerprint density at radius 3 is 2.81 bits per heavy atom. The van der Waals surface area contributed by atoms with Crippen molar-refractivity contribution in [1.82, 2.24) is 10.1 Å². The van der Waals surface area contributed by atoms with Gasteiger partial charge < -0.3 is 10.3 Å². The van der Waals surface area contributed by atoms with E-state index in [0.717, 1.165) is 47.2 Å². The summed E-state index contributed by atoms with van der Waals surface area (Å²) < 4.78 is 6.38. The fraction of sp³-hybridized carbons (Fsp3) is 0.467. The third kappa shape index (κ3) is 3.30. The number of nitrogens with two attached hydrogens (primary N) is 1. The largest absolute Gasteiger partial charge is 0.339 e. The van der Waals surface area contributed by atoms with Crippen LogP contribution in [0.2, 0.25) is 5.02 Å². The van der Waals surface area contributed by atoms with Gasteiger partial charge in [0.1, 0.15) is 0 Å². The van der Waals surface area contributed by atoms with E-state index in [1.807, 2.05) is 18.2 Å². The Labute approximate surface area is 137 Å². The van der Waals surface area contributed by atoms with Gasteiger partial charge in [-0.25, -0.2) is 0 Å². The maximum Gasteiger partial charge on any atom is 0.227 e. The Morgan fingerprint density at radius 2 is 2.05 bits per heavy atom. The summed E-state index contributed by atoms with van der Waals surface area (Å²) in [4.78, 5) is 4.48. The summed E-state index contributed by atoms with van der Waals surface area (Å²) in [5.74, 6) is 1.29. The van der Waals surface area contributed by atoms with E-state index >= 15 is 0 Å². The predicted octanol–water partition coefficient (Wildman–Crippen LogP) is 4.00. The van der Waals surface area contributed by atoms with Gasteiger partial charge in [-0.1, -0.05) is 45.5 Å². The molecule has 1 saturated carbocycles. The van der Waals surface area contributed by atoms with Crippen molar-refractivity contribution in [3.05, 3.63) is 45.0 Å². The second kappa shape index (κ2) is 6.07. The first-order valence-electron chi connectivity index (χ1n) is 7.13. The van der Waals surface area contributed by atoms with E-state index in [1.165, 1.54) is 0 Å². The van der Waals surface area contributed by atoms with Crippen LogP contribution in [0.15, 0.2) is 27.2 Å². The number of aryl methyl sites for hydroxylation is 2. The van der Waals surface area contributed by atoms with Crippen molar-refractivity contribution >= 4 is 27.5 Å². The SMILES string of the molecule is NC1(c2noc(CCc3cc(Cl)ccc3Br)n2)CCCC1. The lowest BCUT2D eigenvalue weighted by Gasteiger charge is -2.17. The van der Waals surface area contributed by atoms with Gasteiger partial charge in [-0.15, -0.1) is 0 Å². The zero-order valence-corrected chi connectivity index (χ0v) is 14.0. The smallest absolute Gasteiger partial charge is 0.227 e. The third-order valence-electron chi connectivity index (χ3n) is 4.03. The van der Waals surface area contributed by atoms with Crippen LogP contribution in [0.5, 0.6) is 0 Å². The molecule has 0 amide bonds. The van der Waals surface area contributed by atoms with E-state index in [2.05, 4.69) is 26.1 Å². The molecule has 1 aromatic carbocycles. The van der Waals surface area contributed by atoms with Crippen LogP contribution in [0.25, 0.3) is 0 Å². The number of hydrogen-bond acceptors (Lipinski definition) is 4. The molecule has 2 aromatic rings. The molecule has 3 rings (SSSR count). The Hall–Kier alpha value is -0.910. The molecule has 1 fully saturated rings. The molecular weight excluding hydrogens is 354 g/mol. The second-order valence-electron chi connectivity index (χ2n) is 5.61. The van der Waals surface area contributed by atoms with E-state index in [-0.39, 0.29) is 0 Å². The van der Waals surface area contributed by atoms with Crippen LogP contribution in [-0.2, 0) is 18.4 Å². The van der Waals surface area contributed by atoms with Crippen molar-refractivity contribution in [3.63, 3.8) is 0 Å². The first-order chi connectivity index (χ1) is 10.1. The van der Waals surface area contributed by atoms with Gasteiger partial charge in [-0.3, -0.25) is 0 Å². The maximum absolute atomic E-state index is 6.34. The molecule has 4 nitrogen and oxygen atoms in total. The van der Waals surface area contributed by atoms with Crippen molar-refractivity contribution in [2.24, 2.45) is 5.73 Å². The fourth-order valence-electron chi connectivity index (χ4n) is 2.76. The lowest BCUT2D eigenvalue weighted by Crippen LogP contribution is -2.34. The fourth-order valence-corrected chi connectivity index (χ4v) is 3.40. The molecule has 0 unspecified atom stereocenters. The molecule has 0 bridgehead atoms. The highest BCUT2D eigenvalue weighted by Gasteiger charge is 2.35. The van der Waals surface area contributed by atoms with Crippen molar-refractivity contribution in [1.29, 1.82) is 0 Å². The molecule has 1 heterocycles. The van der Waals surface area contributed by atoms with Crippen LogP contribution in [0.1, 0.15) is 43.0 Å². The second-order valence-corrected chi connectivity index (χ2v) is 6.90. The van der Waals surface area contributed by atoms with Crippen molar-refractivity contribution in [3.8, 4) is 0 Å². The number of rotatable bonds is 4.